The van der Waals surface area contributed by atoms with Crippen molar-refractivity contribution in [3.05, 3.63) is 18.2 Å². The van der Waals surface area contributed by atoms with E-state index in [4.69, 9.17) is 9.47 Å². The van der Waals surface area contributed by atoms with Crippen molar-refractivity contribution < 1.29 is 23.9 Å². The van der Waals surface area contributed by atoms with Crippen molar-refractivity contribution in [2.75, 3.05) is 24.4 Å². The van der Waals surface area contributed by atoms with Crippen molar-refractivity contribution in [3.8, 4) is 5.75 Å². The first kappa shape index (κ1) is 18.8. The van der Waals surface area contributed by atoms with E-state index in [1.807, 2.05) is 0 Å². The van der Waals surface area contributed by atoms with Gasteiger partial charge in [-0.1, -0.05) is 19.3 Å². The van der Waals surface area contributed by atoms with Crippen LogP contribution in [-0.4, -0.2) is 31.5 Å². The molecule has 0 bridgehead atoms. The van der Waals surface area contributed by atoms with Gasteiger partial charge in [0.15, 0.2) is 6.61 Å². The van der Waals surface area contributed by atoms with E-state index in [0.717, 1.165) is 32.1 Å². The van der Waals surface area contributed by atoms with Crippen molar-refractivity contribution in [2.45, 2.75) is 39.0 Å². The van der Waals surface area contributed by atoms with Crippen molar-refractivity contribution in [2.24, 2.45) is 5.92 Å². The monoisotopic (exact) mass is 348 g/mol. The maximum atomic E-state index is 12.1. The molecule has 1 aromatic carbocycles. The van der Waals surface area contributed by atoms with Crippen molar-refractivity contribution in [3.63, 3.8) is 0 Å². The molecular weight excluding hydrogens is 324 g/mol. The highest BCUT2D eigenvalue weighted by Crippen LogP contribution is 2.28. The fraction of sp³-hybridized carbons (Fsp3) is 0.500. The third kappa shape index (κ3) is 5.77. The molecule has 1 fully saturated rings. The number of ether oxygens (including phenoxy) is 2. The minimum atomic E-state index is -0.456. The number of rotatable bonds is 6. The predicted molar refractivity (Wildman–Crippen MR) is 93.5 cm³/mol. The summed E-state index contributed by atoms with van der Waals surface area (Å²) in [6.07, 6.45) is 4.85. The molecule has 0 aromatic heterocycles. The Hall–Kier alpha value is -2.57. The van der Waals surface area contributed by atoms with Gasteiger partial charge >= 0.3 is 5.97 Å². The lowest BCUT2D eigenvalue weighted by molar-refractivity contribution is -0.152. The SMILES string of the molecule is COc1ccc(NC(C)=O)cc1NC(=O)COC(=O)C1CCCCC1. The van der Waals surface area contributed by atoms with Gasteiger partial charge in [0.2, 0.25) is 5.91 Å². The zero-order valence-electron chi connectivity index (χ0n) is 14.6. The Morgan fingerprint density at radius 3 is 2.48 bits per heavy atom. The van der Waals surface area contributed by atoms with Gasteiger partial charge in [-0.25, -0.2) is 0 Å². The van der Waals surface area contributed by atoms with Gasteiger partial charge in [-0.05, 0) is 31.0 Å². The van der Waals surface area contributed by atoms with Crippen LogP contribution in [0.3, 0.4) is 0 Å². The van der Waals surface area contributed by atoms with Crippen molar-refractivity contribution in [1.82, 2.24) is 0 Å². The fourth-order valence-electron chi connectivity index (χ4n) is 2.87. The van der Waals surface area contributed by atoms with Crippen LogP contribution in [0.25, 0.3) is 0 Å². The van der Waals surface area contributed by atoms with Gasteiger partial charge in [-0.3, -0.25) is 14.4 Å². The Kier molecular flexibility index (Phi) is 6.80. The second kappa shape index (κ2) is 9.05. The van der Waals surface area contributed by atoms with E-state index in [9.17, 15) is 14.4 Å². The number of nitrogens with one attached hydrogen (secondary N) is 2. The van der Waals surface area contributed by atoms with Gasteiger partial charge < -0.3 is 20.1 Å². The summed E-state index contributed by atoms with van der Waals surface area (Å²) in [5.74, 6) is -0.639. The molecule has 0 unspecified atom stereocenters. The number of hydrogen-bond donors (Lipinski definition) is 2. The molecule has 1 aliphatic rings. The highest BCUT2D eigenvalue weighted by molar-refractivity contribution is 5.96. The van der Waals surface area contributed by atoms with E-state index in [0.29, 0.717) is 17.1 Å². The molecule has 0 radical (unpaired) electrons. The first-order valence-corrected chi connectivity index (χ1v) is 8.41. The van der Waals surface area contributed by atoms with Crippen LogP contribution in [0.15, 0.2) is 18.2 Å². The number of carbonyl (C=O) groups excluding carboxylic acids is 3. The lowest BCUT2D eigenvalue weighted by Gasteiger charge is -2.19. The molecule has 0 atom stereocenters. The zero-order valence-corrected chi connectivity index (χ0v) is 14.6. The molecule has 1 aliphatic carbocycles. The Morgan fingerprint density at radius 2 is 1.84 bits per heavy atom. The average Bonchev–Trinajstić information content (AvgIpc) is 2.60. The van der Waals surface area contributed by atoms with E-state index in [1.54, 1.807) is 18.2 Å². The van der Waals surface area contributed by atoms with Gasteiger partial charge in [0.05, 0.1) is 18.7 Å². The molecule has 1 saturated carbocycles. The number of benzene rings is 1. The number of methoxy groups -OCH3 is 1. The molecule has 0 saturated heterocycles. The quantitative estimate of drug-likeness (QED) is 0.771. The normalized spacial score (nSPS) is 14.5. The smallest absolute Gasteiger partial charge is 0.309 e. The van der Waals surface area contributed by atoms with Crippen molar-refractivity contribution in [1.29, 1.82) is 0 Å². The van der Waals surface area contributed by atoms with Gasteiger partial charge in [0, 0.05) is 12.6 Å². The van der Waals surface area contributed by atoms with Crippen molar-refractivity contribution >= 4 is 29.2 Å². The lowest BCUT2D eigenvalue weighted by Crippen LogP contribution is -2.26. The van der Waals surface area contributed by atoms with Gasteiger partial charge in [-0.15, -0.1) is 0 Å². The van der Waals surface area contributed by atoms with Gasteiger partial charge in [0.1, 0.15) is 5.75 Å². The molecule has 0 heterocycles. The van der Waals surface area contributed by atoms with Gasteiger partial charge in [0.25, 0.3) is 5.91 Å². The van der Waals surface area contributed by atoms with E-state index in [2.05, 4.69) is 10.6 Å². The summed E-state index contributed by atoms with van der Waals surface area (Å²) < 4.78 is 10.3. The summed E-state index contributed by atoms with van der Waals surface area (Å²) in [7, 11) is 1.48. The summed E-state index contributed by atoms with van der Waals surface area (Å²) in [6.45, 7) is 1.05. The molecule has 7 nitrogen and oxygen atoms in total. The number of amides is 2. The first-order valence-electron chi connectivity index (χ1n) is 8.41. The minimum Gasteiger partial charge on any atom is -0.495 e. The lowest BCUT2D eigenvalue weighted by atomic mass is 9.89. The molecule has 2 amide bonds. The highest BCUT2D eigenvalue weighted by Gasteiger charge is 2.23. The number of anilines is 2. The second-order valence-corrected chi connectivity index (χ2v) is 6.09. The number of carbonyl (C=O) groups is 3. The van der Waals surface area contributed by atoms with Crippen LogP contribution in [0.5, 0.6) is 5.75 Å². The minimum absolute atomic E-state index is 0.0980. The van der Waals surface area contributed by atoms with E-state index in [-0.39, 0.29) is 24.4 Å². The standard InChI is InChI=1S/C18H24N2O5/c1-12(21)19-14-8-9-16(24-2)15(10-14)20-17(22)11-25-18(23)13-6-4-3-5-7-13/h8-10,13H,3-7,11H2,1-2H3,(H,19,21)(H,20,22). The summed E-state index contributed by atoms with van der Waals surface area (Å²) >= 11 is 0. The molecule has 136 valence electrons. The van der Waals surface area contributed by atoms with Crippen LogP contribution in [0, 0.1) is 5.92 Å². The molecule has 0 aliphatic heterocycles. The fourth-order valence-corrected chi connectivity index (χ4v) is 2.87. The molecular formula is C18H24N2O5. The molecule has 7 heteroatoms. The third-order valence-electron chi connectivity index (χ3n) is 4.08. The largest absolute Gasteiger partial charge is 0.495 e. The van der Waals surface area contributed by atoms with E-state index in [1.165, 1.54) is 14.0 Å². The van der Waals surface area contributed by atoms with E-state index >= 15 is 0 Å². The maximum Gasteiger partial charge on any atom is 0.309 e. The topological polar surface area (TPSA) is 93.7 Å². The molecule has 2 N–H and O–H groups in total. The van der Waals surface area contributed by atoms with Crippen LogP contribution in [0.1, 0.15) is 39.0 Å². The molecule has 25 heavy (non-hydrogen) atoms. The van der Waals surface area contributed by atoms with Gasteiger partial charge in [-0.2, -0.15) is 0 Å². The van der Waals surface area contributed by atoms with E-state index < -0.39 is 5.91 Å². The Bertz CT molecular complexity index is 638. The molecule has 2 rings (SSSR count). The predicted octanol–water partition coefficient (Wildman–Crippen LogP) is 2.72. The van der Waals surface area contributed by atoms with Crippen LogP contribution in [0.4, 0.5) is 11.4 Å². The maximum absolute atomic E-state index is 12.1. The number of esters is 1. The highest BCUT2D eigenvalue weighted by atomic mass is 16.5. The summed E-state index contributed by atoms with van der Waals surface area (Å²) in [6, 6.07) is 4.88. The Balaban J connectivity index is 1.92. The first-order chi connectivity index (χ1) is 12.0. The summed E-state index contributed by atoms with van der Waals surface area (Å²) in [4.78, 5) is 35.2. The summed E-state index contributed by atoms with van der Waals surface area (Å²) in [5.41, 5.74) is 0.926. The Labute approximate surface area is 147 Å². The zero-order chi connectivity index (χ0) is 18.2. The Morgan fingerprint density at radius 1 is 1.12 bits per heavy atom. The van der Waals surface area contributed by atoms with Crippen LogP contribution < -0.4 is 15.4 Å². The number of hydrogen-bond acceptors (Lipinski definition) is 5. The summed E-state index contributed by atoms with van der Waals surface area (Å²) in [5, 5.41) is 5.27. The molecule has 0 spiro atoms. The van der Waals surface area contributed by atoms with Crippen LogP contribution in [-0.2, 0) is 19.1 Å². The van der Waals surface area contributed by atoms with Crippen LogP contribution in [0.2, 0.25) is 0 Å². The second-order valence-electron chi connectivity index (χ2n) is 6.09. The third-order valence-corrected chi connectivity index (χ3v) is 4.08. The van der Waals surface area contributed by atoms with Crippen LogP contribution >= 0.6 is 0 Å². The average molecular weight is 348 g/mol. The molecule has 1 aromatic rings.